The third-order valence-electron chi connectivity index (χ3n) is 34.9. The topological polar surface area (TPSA) is 13.0 Å². The summed E-state index contributed by atoms with van der Waals surface area (Å²) in [5.74, 6) is 0.266. The minimum absolute atomic E-state index is 0.00367. The Balaban J connectivity index is 0.749. The lowest BCUT2D eigenvalue weighted by Crippen LogP contribution is -2.61. The number of hydrogen-bond donors (Lipinski definition) is 0. The lowest BCUT2D eigenvalue weighted by molar-refractivity contribution is 0.173. The van der Waals surface area contributed by atoms with Crippen LogP contribution in [0.4, 0.5) is 66.9 Å². The average Bonchev–Trinajstić information content (AvgIpc) is 1.51. The molecule has 0 spiro atoms. The van der Waals surface area contributed by atoms with E-state index in [0.717, 1.165) is 57.1 Å². The summed E-state index contributed by atoms with van der Waals surface area (Å²) in [6.45, 7) is 62.6. The Morgan fingerprint density at radius 3 is 1.16 bits per heavy atom. The van der Waals surface area contributed by atoms with Crippen molar-refractivity contribution < 1.29 is 0 Å². The lowest BCUT2D eigenvalue weighted by atomic mass is 9.33. The first-order valence-corrected chi connectivity index (χ1v) is 52.2. The van der Waals surface area contributed by atoms with Gasteiger partial charge in [0.25, 0.3) is 13.4 Å². The molecular formula is C127H134B2N4S2. The van der Waals surface area contributed by atoms with Crippen molar-refractivity contribution in [2.24, 2.45) is 5.92 Å². The SMILES string of the molecule is Cc1cc2c3c(c1)N(c1ccc4c(c1)C(C)(C)CCC4(C)C)c1sc4cc5c(cc4c1B3c1cc(-c3ccccc3)ccc1N2c1ccc(-c2ccccc2)cc1)C(C)(C)C(CC(C)(C)c1cc2c3c(c1)N(c1ccc4c(c1)C(C)(C)CCC4(C)C)c1sc4cc6c(cc4c1B3c1ccc(-c3ccccc3)cc1N2c1cc(C(C)(C)C)cc(C(C)(C)C)c1)C(C)(C)CCC6(C)C)CC5(C)C. The van der Waals surface area contributed by atoms with Crippen LogP contribution in [0.2, 0.25) is 0 Å². The minimum atomic E-state index is -0.374. The van der Waals surface area contributed by atoms with E-state index in [1.165, 1.54) is 214 Å². The fraction of sp³-hybridized carbons (Fsp3) is 0.354. The first kappa shape index (κ1) is 88.1. The second-order valence-electron chi connectivity index (χ2n) is 50.1. The van der Waals surface area contributed by atoms with Crippen LogP contribution in [-0.4, -0.2) is 13.4 Å². The van der Waals surface area contributed by atoms with E-state index < -0.39 is 0 Å². The smallest absolute Gasteiger partial charge is 0.254 e. The molecule has 4 aliphatic heterocycles. The largest absolute Gasteiger partial charge is 0.311 e. The van der Waals surface area contributed by atoms with Crippen LogP contribution in [0, 0.1) is 12.8 Å². The van der Waals surface area contributed by atoms with E-state index in [1.54, 1.807) is 0 Å². The summed E-state index contributed by atoms with van der Waals surface area (Å²) in [6, 6.07) is 102. The van der Waals surface area contributed by atoms with Gasteiger partial charge in [0, 0.05) is 66.3 Å². The highest BCUT2D eigenvalue weighted by Gasteiger charge is 2.54. The summed E-state index contributed by atoms with van der Waals surface area (Å²) in [5, 5.41) is 5.48. The summed E-state index contributed by atoms with van der Waals surface area (Å²) in [5.41, 5.74) is 44.4. The van der Waals surface area contributed by atoms with Crippen molar-refractivity contribution >= 4 is 156 Å². The quantitative estimate of drug-likeness (QED) is 0.127. The number of benzene rings is 13. The zero-order valence-corrected chi connectivity index (χ0v) is 86.4. The van der Waals surface area contributed by atoms with Gasteiger partial charge in [-0.05, 0) is 377 Å². The number of aryl methyl sites for hydroxylation is 1. The van der Waals surface area contributed by atoms with E-state index in [9.17, 15) is 0 Å². The molecule has 4 aliphatic carbocycles. The van der Waals surface area contributed by atoms with Crippen LogP contribution in [-0.2, 0) is 59.6 Å². The summed E-state index contributed by atoms with van der Waals surface area (Å²) in [7, 11) is 0. The molecule has 2 aromatic heterocycles. The third-order valence-corrected chi connectivity index (χ3v) is 37.2. The van der Waals surface area contributed by atoms with Gasteiger partial charge >= 0.3 is 0 Å². The van der Waals surface area contributed by atoms with E-state index in [4.69, 9.17) is 0 Å². The van der Waals surface area contributed by atoms with Crippen LogP contribution in [0.1, 0.15) is 284 Å². The molecule has 1 atom stereocenters. The van der Waals surface area contributed by atoms with Gasteiger partial charge in [0.1, 0.15) is 0 Å². The molecule has 0 radical (unpaired) electrons. The first-order chi connectivity index (χ1) is 63.7. The molecule has 135 heavy (non-hydrogen) atoms. The Labute approximate surface area is 814 Å². The maximum atomic E-state index is 2.84. The Morgan fingerprint density at radius 1 is 0.289 bits per heavy atom. The number of anilines is 12. The predicted octanol–water partition coefficient (Wildman–Crippen LogP) is 32.2. The van der Waals surface area contributed by atoms with Crippen LogP contribution in [0.25, 0.3) is 53.6 Å². The fourth-order valence-corrected chi connectivity index (χ4v) is 28.8. The highest BCUT2D eigenvalue weighted by atomic mass is 32.1. The van der Waals surface area contributed by atoms with E-state index in [0.29, 0.717) is 0 Å². The van der Waals surface area contributed by atoms with Crippen LogP contribution in [0.15, 0.2) is 255 Å². The van der Waals surface area contributed by atoms with Gasteiger partial charge in [-0.25, -0.2) is 0 Å². The van der Waals surface area contributed by atoms with Crippen LogP contribution >= 0.6 is 22.7 Å². The summed E-state index contributed by atoms with van der Waals surface area (Å²) in [6.07, 6.45) is 8.94. The molecule has 0 amide bonds. The van der Waals surface area contributed by atoms with E-state index in [1.807, 2.05) is 11.3 Å². The number of nitrogens with zero attached hydrogens (tertiary/aromatic N) is 4. The van der Waals surface area contributed by atoms with Crippen LogP contribution < -0.4 is 52.4 Å². The van der Waals surface area contributed by atoms with Crippen LogP contribution in [0.5, 0.6) is 0 Å². The van der Waals surface area contributed by atoms with E-state index in [2.05, 4.69) is 459 Å². The molecule has 0 saturated heterocycles. The number of thiophene rings is 2. The molecule has 1 unspecified atom stereocenters. The standard InChI is InChI=1S/C127H134B2N4S2/c1-76-59-105-113-106(60-76)132(88-47-49-93-95(68-88)121(12,13)55-53-119(93,8)9)116-112(129(113)102-61-81(78-37-31-27-32-38-78)44-52-103(102)130(105)87-45-41-80(42-46-87)77-35-29-26-30-36-77)92-71-100-99(73-110(92)135-116)126(22,23)75-86(127(100,24)25)74-125(20,21)85-66-107-114-108(67-85)133(89-48-50-94-96(69-89)122(14,15)56-54-120(94,10)11)115-111(91-70-97-98(72-109(91)134-115)124(18,19)58-57-123(97,16)17)128(114)101-51-43-82(79-39-33-28-34-40-79)62-104(101)131(107)90-64-83(117(2,3)4)63-84(65-90)118(5,6)7/h26-52,59-73,86H,53-58,74-75H2,1-25H3. The molecule has 8 aliphatic rings. The monoisotopic (exact) mass is 1800 g/mol. The number of hydrogen-bond acceptors (Lipinski definition) is 6. The second kappa shape index (κ2) is 29.8. The molecule has 6 heterocycles. The highest BCUT2D eigenvalue weighted by molar-refractivity contribution is 7.27. The molecule has 4 nitrogen and oxygen atoms in total. The zero-order valence-electron chi connectivity index (χ0n) is 84.7. The maximum absolute atomic E-state index is 2.84. The Hall–Kier alpha value is -10.9. The van der Waals surface area contributed by atoms with Crippen molar-refractivity contribution in [3.8, 4) is 33.4 Å². The lowest BCUT2D eigenvalue weighted by Gasteiger charge is -2.50. The first-order valence-electron chi connectivity index (χ1n) is 50.5. The van der Waals surface area contributed by atoms with Gasteiger partial charge < -0.3 is 19.6 Å². The number of rotatable bonds is 10. The molecule has 0 fully saturated rings. The van der Waals surface area contributed by atoms with Crippen molar-refractivity contribution in [2.45, 2.75) is 284 Å². The molecule has 680 valence electrons. The minimum Gasteiger partial charge on any atom is -0.311 e. The maximum Gasteiger partial charge on any atom is 0.254 e. The summed E-state index contributed by atoms with van der Waals surface area (Å²) < 4.78 is 2.76. The molecule has 0 saturated carbocycles. The van der Waals surface area contributed by atoms with Crippen molar-refractivity contribution in [3.05, 3.63) is 322 Å². The van der Waals surface area contributed by atoms with Gasteiger partial charge in [-0.1, -0.05) is 312 Å². The molecule has 0 N–H and O–H groups in total. The van der Waals surface area contributed by atoms with E-state index >= 15 is 0 Å². The van der Waals surface area contributed by atoms with Gasteiger partial charge in [-0.2, -0.15) is 0 Å². The van der Waals surface area contributed by atoms with Crippen molar-refractivity contribution in [2.75, 3.05) is 19.6 Å². The Kier molecular flexibility index (Phi) is 19.5. The molecule has 8 heteroatoms. The molecule has 15 aromatic rings. The van der Waals surface area contributed by atoms with Gasteiger partial charge in [0.2, 0.25) is 0 Å². The molecule has 13 aromatic carbocycles. The summed E-state index contributed by atoms with van der Waals surface area (Å²) >= 11 is 4.10. The van der Waals surface area contributed by atoms with Gasteiger partial charge in [-0.3, -0.25) is 0 Å². The molecule has 0 bridgehead atoms. The number of fused-ring (bicyclic) bond motifs is 16. The average molecular weight is 1800 g/mol. The van der Waals surface area contributed by atoms with Crippen molar-refractivity contribution in [1.29, 1.82) is 0 Å². The molecular weight excluding hydrogens is 1670 g/mol. The Bertz CT molecular complexity index is 7420. The van der Waals surface area contributed by atoms with Crippen LogP contribution in [0.3, 0.4) is 0 Å². The zero-order chi connectivity index (χ0) is 94.4. The van der Waals surface area contributed by atoms with E-state index in [-0.39, 0.29) is 78.9 Å². The van der Waals surface area contributed by atoms with Gasteiger partial charge in [0.05, 0.1) is 10.0 Å². The normalized spacial score (nSPS) is 19.0. The summed E-state index contributed by atoms with van der Waals surface area (Å²) in [4.78, 5) is 11.0. The predicted molar refractivity (Wildman–Crippen MR) is 588 cm³/mol. The van der Waals surface area contributed by atoms with Gasteiger partial charge in [-0.15, -0.1) is 22.7 Å². The highest BCUT2D eigenvalue weighted by Crippen LogP contribution is 2.61. The van der Waals surface area contributed by atoms with Crippen molar-refractivity contribution in [1.82, 2.24) is 0 Å². The molecule has 23 rings (SSSR count). The van der Waals surface area contributed by atoms with Crippen molar-refractivity contribution in [3.63, 3.8) is 0 Å². The van der Waals surface area contributed by atoms with Gasteiger partial charge in [0.15, 0.2) is 0 Å². The fourth-order valence-electron chi connectivity index (χ4n) is 26.2. The second-order valence-corrected chi connectivity index (χ2v) is 52.2. The third kappa shape index (κ3) is 13.8. The Morgan fingerprint density at radius 2 is 0.667 bits per heavy atom.